The SMILES string of the molecule is COCCNC(=O)[C@H]1C[C@H](Oc2cccnc2)CN1C(=O)Nc1cccc(C)c1. The van der Waals surface area contributed by atoms with Gasteiger partial charge in [0.2, 0.25) is 5.91 Å². The van der Waals surface area contributed by atoms with Crippen molar-refractivity contribution in [3.8, 4) is 5.75 Å². The Hall–Kier alpha value is -3.13. The van der Waals surface area contributed by atoms with Crippen molar-refractivity contribution in [2.75, 3.05) is 32.1 Å². The van der Waals surface area contributed by atoms with E-state index < -0.39 is 6.04 Å². The topological polar surface area (TPSA) is 92.8 Å². The molecular weight excluding hydrogens is 372 g/mol. The highest BCUT2D eigenvalue weighted by atomic mass is 16.5. The summed E-state index contributed by atoms with van der Waals surface area (Å²) in [6.07, 6.45) is 3.37. The van der Waals surface area contributed by atoms with E-state index in [1.54, 1.807) is 31.6 Å². The molecule has 29 heavy (non-hydrogen) atoms. The van der Waals surface area contributed by atoms with Gasteiger partial charge in [0.25, 0.3) is 0 Å². The molecule has 2 N–H and O–H groups in total. The number of hydrogen-bond donors (Lipinski definition) is 2. The van der Waals surface area contributed by atoms with Crippen LogP contribution in [0.4, 0.5) is 10.5 Å². The summed E-state index contributed by atoms with van der Waals surface area (Å²) in [7, 11) is 1.57. The number of aryl methyl sites for hydroxylation is 1. The second kappa shape index (κ2) is 9.88. The Bertz CT molecular complexity index is 830. The molecule has 3 amide bonds. The number of anilines is 1. The molecule has 1 aromatic carbocycles. The smallest absolute Gasteiger partial charge is 0.322 e. The van der Waals surface area contributed by atoms with Gasteiger partial charge in [-0.1, -0.05) is 12.1 Å². The van der Waals surface area contributed by atoms with Crippen molar-refractivity contribution in [3.05, 3.63) is 54.4 Å². The van der Waals surface area contributed by atoms with Crippen molar-refractivity contribution >= 4 is 17.6 Å². The minimum absolute atomic E-state index is 0.223. The number of methoxy groups -OCH3 is 1. The minimum atomic E-state index is -0.627. The van der Waals surface area contributed by atoms with Crippen LogP contribution < -0.4 is 15.4 Å². The Morgan fingerprint density at radius 3 is 2.86 bits per heavy atom. The van der Waals surface area contributed by atoms with Crippen LogP contribution in [0, 0.1) is 6.92 Å². The van der Waals surface area contributed by atoms with E-state index in [1.165, 1.54) is 4.90 Å². The molecule has 8 heteroatoms. The van der Waals surface area contributed by atoms with Crippen LogP contribution >= 0.6 is 0 Å². The first kappa shape index (κ1) is 20.6. The Kier molecular flexibility index (Phi) is 7.02. The van der Waals surface area contributed by atoms with Crippen LogP contribution in [-0.2, 0) is 9.53 Å². The lowest BCUT2D eigenvalue weighted by Crippen LogP contribution is -2.48. The number of ether oxygens (including phenoxy) is 2. The molecule has 0 bridgehead atoms. The van der Waals surface area contributed by atoms with Crippen LogP contribution in [0.1, 0.15) is 12.0 Å². The molecular formula is C21H26N4O4. The molecule has 0 radical (unpaired) electrons. The Morgan fingerprint density at radius 1 is 1.28 bits per heavy atom. The fourth-order valence-corrected chi connectivity index (χ4v) is 3.28. The summed E-state index contributed by atoms with van der Waals surface area (Å²) in [5, 5.41) is 5.69. The number of likely N-dealkylation sites (tertiary alicyclic amines) is 1. The summed E-state index contributed by atoms with van der Waals surface area (Å²) in [6.45, 7) is 3.04. The van der Waals surface area contributed by atoms with Gasteiger partial charge in [-0.2, -0.15) is 0 Å². The average molecular weight is 398 g/mol. The molecule has 0 aliphatic carbocycles. The summed E-state index contributed by atoms with van der Waals surface area (Å²) in [6, 6.07) is 10.1. The minimum Gasteiger partial charge on any atom is -0.487 e. The number of urea groups is 1. The first-order chi connectivity index (χ1) is 14.1. The summed E-state index contributed by atoms with van der Waals surface area (Å²) < 4.78 is 10.9. The van der Waals surface area contributed by atoms with Gasteiger partial charge in [-0.25, -0.2) is 4.79 Å². The van der Waals surface area contributed by atoms with Crippen LogP contribution in [-0.4, -0.2) is 60.8 Å². The lowest BCUT2D eigenvalue weighted by Gasteiger charge is -2.24. The van der Waals surface area contributed by atoms with Gasteiger partial charge in [-0.3, -0.25) is 9.78 Å². The zero-order valence-electron chi connectivity index (χ0n) is 16.6. The van der Waals surface area contributed by atoms with Gasteiger partial charge in [0, 0.05) is 32.0 Å². The van der Waals surface area contributed by atoms with Gasteiger partial charge in [-0.15, -0.1) is 0 Å². The third kappa shape index (κ3) is 5.68. The molecule has 2 aromatic rings. The third-order valence-corrected chi connectivity index (χ3v) is 4.64. The normalized spacial score (nSPS) is 18.3. The molecule has 3 rings (SSSR count). The van der Waals surface area contributed by atoms with Gasteiger partial charge >= 0.3 is 6.03 Å². The fourth-order valence-electron chi connectivity index (χ4n) is 3.28. The first-order valence-electron chi connectivity index (χ1n) is 9.54. The number of nitrogens with zero attached hydrogens (tertiary/aromatic N) is 2. The van der Waals surface area contributed by atoms with Crippen molar-refractivity contribution < 1.29 is 19.1 Å². The van der Waals surface area contributed by atoms with Crippen molar-refractivity contribution in [2.24, 2.45) is 0 Å². The van der Waals surface area contributed by atoms with Gasteiger partial charge in [0.05, 0.1) is 19.3 Å². The van der Waals surface area contributed by atoms with E-state index in [1.807, 2.05) is 31.2 Å². The van der Waals surface area contributed by atoms with E-state index in [4.69, 9.17) is 9.47 Å². The number of pyridine rings is 1. The van der Waals surface area contributed by atoms with Gasteiger partial charge < -0.3 is 25.0 Å². The molecule has 1 aliphatic rings. The highest BCUT2D eigenvalue weighted by Crippen LogP contribution is 2.24. The van der Waals surface area contributed by atoms with Crippen molar-refractivity contribution in [3.63, 3.8) is 0 Å². The summed E-state index contributed by atoms with van der Waals surface area (Å²) in [5.41, 5.74) is 1.72. The second-order valence-electron chi connectivity index (χ2n) is 6.92. The molecule has 8 nitrogen and oxygen atoms in total. The Morgan fingerprint density at radius 2 is 2.14 bits per heavy atom. The van der Waals surface area contributed by atoms with E-state index >= 15 is 0 Å². The highest BCUT2D eigenvalue weighted by Gasteiger charge is 2.40. The van der Waals surface area contributed by atoms with Crippen molar-refractivity contribution in [1.82, 2.24) is 15.2 Å². The van der Waals surface area contributed by atoms with E-state index in [9.17, 15) is 9.59 Å². The molecule has 154 valence electrons. The summed E-state index contributed by atoms with van der Waals surface area (Å²) in [4.78, 5) is 31.2. The number of rotatable bonds is 7. The standard InChI is InChI=1S/C21H26N4O4/c1-15-5-3-6-16(11-15)24-21(27)25-14-18(29-17-7-4-8-22-13-17)12-19(25)20(26)23-9-10-28-2/h3-8,11,13,18-19H,9-10,12,14H2,1-2H3,(H,23,26)(H,24,27)/t18-,19+/m0/s1. The zero-order valence-corrected chi connectivity index (χ0v) is 16.6. The van der Waals surface area contributed by atoms with Crippen LogP contribution in [0.2, 0.25) is 0 Å². The Balaban J connectivity index is 1.70. The van der Waals surface area contributed by atoms with Crippen LogP contribution in [0.25, 0.3) is 0 Å². The Labute approximate surface area is 170 Å². The van der Waals surface area contributed by atoms with Gasteiger partial charge in [-0.05, 0) is 36.8 Å². The summed E-state index contributed by atoms with van der Waals surface area (Å²) in [5.74, 6) is 0.385. The maximum Gasteiger partial charge on any atom is 0.322 e. The second-order valence-corrected chi connectivity index (χ2v) is 6.92. The average Bonchev–Trinajstić information content (AvgIpc) is 3.13. The first-order valence-corrected chi connectivity index (χ1v) is 9.54. The summed E-state index contributed by atoms with van der Waals surface area (Å²) >= 11 is 0. The molecule has 1 saturated heterocycles. The number of aromatic nitrogens is 1. The number of benzene rings is 1. The van der Waals surface area contributed by atoms with E-state index in [-0.39, 0.29) is 18.0 Å². The van der Waals surface area contributed by atoms with Gasteiger partial charge in [0.15, 0.2) is 0 Å². The van der Waals surface area contributed by atoms with Crippen LogP contribution in [0.15, 0.2) is 48.8 Å². The molecule has 0 spiro atoms. The van der Waals surface area contributed by atoms with Gasteiger partial charge in [0.1, 0.15) is 17.9 Å². The molecule has 1 fully saturated rings. The largest absolute Gasteiger partial charge is 0.487 e. The predicted molar refractivity (Wildman–Crippen MR) is 109 cm³/mol. The van der Waals surface area contributed by atoms with E-state index in [2.05, 4.69) is 15.6 Å². The lowest BCUT2D eigenvalue weighted by molar-refractivity contribution is -0.124. The number of hydrogen-bond acceptors (Lipinski definition) is 5. The molecule has 1 aromatic heterocycles. The molecule has 1 aliphatic heterocycles. The van der Waals surface area contributed by atoms with Crippen LogP contribution in [0.5, 0.6) is 5.75 Å². The maximum absolute atomic E-state index is 12.9. The molecule has 0 unspecified atom stereocenters. The molecule has 2 atom stereocenters. The maximum atomic E-state index is 12.9. The van der Waals surface area contributed by atoms with E-state index in [0.29, 0.717) is 37.6 Å². The van der Waals surface area contributed by atoms with Crippen molar-refractivity contribution in [1.29, 1.82) is 0 Å². The van der Waals surface area contributed by atoms with Crippen LogP contribution in [0.3, 0.4) is 0 Å². The highest BCUT2D eigenvalue weighted by molar-refractivity contribution is 5.94. The monoisotopic (exact) mass is 398 g/mol. The number of carbonyl (C=O) groups is 2. The predicted octanol–water partition coefficient (Wildman–Crippen LogP) is 2.21. The fraction of sp³-hybridized carbons (Fsp3) is 0.381. The lowest BCUT2D eigenvalue weighted by atomic mass is 10.2. The van der Waals surface area contributed by atoms with E-state index in [0.717, 1.165) is 5.56 Å². The molecule has 0 saturated carbocycles. The number of nitrogens with one attached hydrogen (secondary N) is 2. The zero-order chi connectivity index (χ0) is 20.6. The van der Waals surface area contributed by atoms with Crippen molar-refractivity contribution in [2.45, 2.75) is 25.5 Å². The molecule has 2 heterocycles. The quantitative estimate of drug-likeness (QED) is 0.698. The third-order valence-electron chi connectivity index (χ3n) is 4.64. The number of carbonyl (C=O) groups excluding carboxylic acids is 2. The number of amides is 3.